The summed E-state index contributed by atoms with van der Waals surface area (Å²) in [6.45, 7) is 1.59. The molecule has 1 aliphatic heterocycles. The van der Waals surface area contributed by atoms with Crippen molar-refractivity contribution in [3.63, 3.8) is 0 Å². The van der Waals surface area contributed by atoms with Crippen molar-refractivity contribution in [2.45, 2.75) is 25.4 Å². The molecule has 1 saturated heterocycles. The maximum absolute atomic E-state index is 12.6. The molecule has 1 aliphatic rings. The van der Waals surface area contributed by atoms with Crippen LogP contribution < -0.4 is 11.1 Å². The van der Waals surface area contributed by atoms with E-state index in [1.54, 1.807) is 17.0 Å². The lowest BCUT2D eigenvalue weighted by Crippen LogP contribution is -2.45. The molecule has 1 unspecified atom stereocenters. The second-order valence-electron chi connectivity index (χ2n) is 6.48. The van der Waals surface area contributed by atoms with Crippen LogP contribution in [0.25, 0.3) is 0 Å². The lowest BCUT2D eigenvalue weighted by molar-refractivity contribution is -0.384. The Morgan fingerprint density at radius 1 is 1.27 bits per heavy atom. The molecule has 0 spiro atoms. The highest BCUT2D eigenvalue weighted by Crippen LogP contribution is 2.27. The Labute approximate surface area is 152 Å². The van der Waals surface area contributed by atoms with Gasteiger partial charge in [0.1, 0.15) is 5.69 Å². The predicted molar refractivity (Wildman–Crippen MR) is 100.0 cm³/mol. The number of carbonyl (C=O) groups is 1. The normalized spacial score (nSPS) is 17.0. The van der Waals surface area contributed by atoms with Crippen LogP contribution in [-0.2, 0) is 6.54 Å². The number of nitro groups is 1. The van der Waals surface area contributed by atoms with Gasteiger partial charge in [-0.05, 0) is 30.5 Å². The molecule has 136 valence electrons. The number of hydrogen-bond acceptors (Lipinski definition) is 5. The van der Waals surface area contributed by atoms with Crippen LogP contribution in [-0.4, -0.2) is 34.9 Å². The van der Waals surface area contributed by atoms with Gasteiger partial charge < -0.3 is 16.0 Å². The summed E-state index contributed by atoms with van der Waals surface area (Å²) in [5.41, 5.74) is 7.55. The zero-order valence-electron chi connectivity index (χ0n) is 14.4. The van der Waals surface area contributed by atoms with E-state index in [4.69, 9.17) is 5.73 Å². The van der Waals surface area contributed by atoms with Gasteiger partial charge in [0.15, 0.2) is 0 Å². The first kappa shape index (κ1) is 17.9. The molecule has 3 N–H and O–H groups in total. The van der Waals surface area contributed by atoms with Crippen LogP contribution in [0, 0.1) is 10.1 Å². The SMILES string of the molecule is NC1CCCN(C(=O)c2ccc(NCc3ccccc3)c([N+](=O)[O-])c2)C1. The summed E-state index contributed by atoms with van der Waals surface area (Å²) in [6, 6.07) is 14.2. The fourth-order valence-corrected chi connectivity index (χ4v) is 3.14. The highest BCUT2D eigenvalue weighted by molar-refractivity contribution is 5.95. The van der Waals surface area contributed by atoms with Crippen LogP contribution in [0.2, 0.25) is 0 Å². The highest BCUT2D eigenvalue weighted by Gasteiger charge is 2.24. The maximum Gasteiger partial charge on any atom is 0.293 e. The quantitative estimate of drug-likeness (QED) is 0.635. The lowest BCUT2D eigenvalue weighted by Gasteiger charge is -2.30. The third-order valence-corrected chi connectivity index (χ3v) is 4.51. The van der Waals surface area contributed by atoms with Gasteiger partial charge in [-0.3, -0.25) is 14.9 Å². The third-order valence-electron chi connectivity index (χ3n) is 4.51. The molecule has 1 amide bonds. The predicted octanol–water partition coefficient (Wildman–Crippen LogP) is 2.77. The molecule has 1 fully saturated rings. The van der Waals surface area contributed by atoms with E-state index in [9.17, 15) is 14.9 Å². The fraction of sp³-hybridized carbons (Fsp3) is 0.316. The van der Waals surface area contributed by atoms with Crippen LogP contribution in [0.5, 0.6) is 0 Å². The molecule has 1 atom stereocenters. The third kappa shape index (κ3) is 4.18. The molecule has 2 aromatic carbocycles. The first-order chi connectivity index (χ1) is 12.5. The number of nitrogens with two attached hydrogens (primary N) is 1. The van der Waals surface area contributed by atoms with E-state index in [2.05, 4.69) is 5.32 Å². The number of benzene rings is 2. The summed E-state index contributed by atoms with van der Waals surface area (Å²) in [5, 5.41) is 14.5. The Bertz CT molecular complexity index is 795. The number of nitrogens with zero attached hydrogens (tertiary/aromatic N) is 2. The van der Waals surface area contributed by atoms with E-state index in [0.29, 0.717) is 30.9 Å². The number of anilines is 1. The van der Waals surface area contributed by atoms with E-state index in [0.717, 1.165) is 18.4 Å². The minimum atomic E-state index is -0.466. The van der Waals surface area contributed by atoms with Crippen LogP contribution in [0.15, 0.2) is 48.5 Å². The van der Waals surface area contributed by atoms with Gasteiger partial charge >= 0.3 is 0 Å². The Hall–Kier alpha value is -2.93. The van der Waals surface area contributed by atoms with E-state index >= 15 is 0 Å². The monoisotopic (exact) mass is 354 g/mol. The highest BCUT2D eigenvalue weighted by atomic mass is 16.6. The second-order valence-corrected chi connectivity index (χ2v) is 6.48. The van der Waals surface area contributed by atoms with E-state index < -0.39 is 4.92 Å². The number of nitrogens with one attached hydrogen (secondary N) is 1. The van der Waals surface area contributed by atoms with Gasteiger partial charge in [-0.2, -0.15) is 0 Å². The Morgan fingerprint density at radius 3 is 2.73 bits per heavy atom. The van der Waals surface area contributed by atoms with Crippen LogP contribution in [0.3, 0.4) is 0 Å². The minimum absolute atomic E-state index is 0.0329. The molecule has 0 aromatic heterocycles. The first-order valence-corrected chi connectivity index (χ1v) is 8.65. The summed E-state index contributed by atoms with van der Waals surface area (Å²) >= 11 is 0. The van der Waals surface area contributed by atoms with Gasteiger partial charge in [0.25, 0.3) is 11.6 Å². The molecule has 0 aliphatic carbocycles. The topological polar surface area (TPSA) is 102 Å². The number of rotatable bonds is 5. The van der Waals surface area contributed by atoms with Gasteiger partial charge in [-0.1, -0.05) is 30.3 Å². The molecular formula is C19H22N4O3. The molecule has 3 rings (SSSR count). The average Bonchev–Trinajstić information content (AvgIpc) is 2.66. The van der Waals surface area contributed by atoms with Crippen LogP contribution in [0.1, 0.15) is 28.8 Å². The maximum atomic E-state index is 12.6. The number of carbonyl (C=O) groups excluding carboxylic acids is 1. The van der Waals surface area contributed by atoms with Crippen molar-refractivity contribution in [1.82, 2.24) is 4.90 Å². The molecule has 2 aromatic rings. The Balaban J connectivity index is 1.78. The smallest absolute Gasteiger partial charge is 0.293 e. The Kier molecular flexibility index (Phi) is 5.48. The summed E-state index contributed by atoms with van der Waals surface area (Å²) in [4.78, 5) is 25.3. The molecule has 1 heterocycles. The summed E-state index contributed by atoms with van der Waals surface area (Å²) < 4.78 is 0. The van der Waals surface area contributed by atoms with Crippen molar-refractivity contribution < 1.29 is 9.72 Å². The van der Waals surface area contributed by atoms with E-state index in [-0.39, 0.29) is 17.6 Å². The van der Waals surface area contributed by atoms with Crippen molar-refractivity contribution >= 4 is 17.3 Å². The van der Waals surface area contributed by atoms with Crippen molar-refractivity contribution in [2.75, 3.05) is 18.4 Å². The lowest BCUT2D eigenvalue weighted by atomic mass is 10.0. The van der Waals surface area contributed by atoms with Crippen molar-refractivity contribution in [3.05, 3.63) is 69.8 Å². The number of nitro benzene ring substituents is 1. The van der Waals surface area contributed by atoms with E-state index in [1.165, 1.54) is 6.07 Å². The zero-order valence-corrected chi connectivity index (χ0v) is 14.4. The molecular weight excluding hydrogens is 332 g/mol. The number of hydrogen-bond donors (Lipinski definition) is 2. The van der Waals surface area contributed by atoms with E-state index in [1.807, 2.05) is 30.3 Å². The molecule has 26 heavy (non-hydrogen) atoms. The summed E-state index contributed by atoms with van der Waals surface area (Å²) in [7, 11) is 0. The van der Waals surface area contributed by atoms with Crippen molar-refractivity contribution in [1.29, 1.82) is 0 Å². The van der Waals surface area contributed by atoms with Gasteiger partial charge in [-0.15, -0.1) is 0 Å². The van der Waals surface area contributed by atoms with Crippen LogP contribution >= 0.6 is 0 Å². The molecule has 7 heteroatoms. The minimum Gasteiger partial charge on any atom is -0.375 e. The first-order valence-electron chi connectivity index (χ1n) is 8.65. The van der Waals surface area contributed by atoms with Gasteiger partial charge in [-0.25, -0.2) is 0 Å². The standard InChI is InChI=1S/C19H22N4O3/c20-16-7-4-10-22(13-16)19(24)15-8-9-17(18(11-15)23(25)26)21-12-14-5-2-1-3-6-14/h1-3,5-6,8-9,11,16,21H,4,7,10,12-13,20H2. The largest absolute Gasteiger partial charge is 0.375 e. The zero-order chi connectivity index (χ0) is 18.5. The molecule has 0 bridgehead atoms. The van der Waals surface area contributed by atoms with Gasteiger partial charge in [0, 0.05) is 37.3 Å². The average molecular weight is 354 g/mol. The number of piperidine rings is 1. The summed E-state index contributed by atoms with van der Waals surface area (Å²) in [6.07, 6.45) is 1.75. The second kappa shape index (κ2) is 7.97. The fourth-order valence-electron chi connectivity index (χ4n) is 3.14. The van der Waals surface area contributed by atoms with Gasteiger partial charge in [0.2, 0.25) is 0 Å². The Morgan fingerprint density at radius 2 is 2.04 bits per heavy atom. The van der Waals surface area contributed by atoms with Crippen molar-refractivity contribution in [2.24, 2.45) is 5.73 Å². The summed E-state index contributed by atoms with van der Waals surface area (Å²) in [5.74, 6) is -0.210. The number of amides is 1. The molecule has 7 nitrogen and oxygen atoms in total. The van der Waals surface area contributed by atoms with Crippen molar-refractivity contribution in [3.8, 4) is 0 Å². The molecule has 0 saturated carbocycles. The van der Waals surface area contributed by atoms with Gasteiger partial charge in [0.05, 0.1) is 4.92 Å². The van der Waals surface area contributed by atoms with Crippen LogP contribution in [0.4, 0.5) is 11.4 Å². The molecule has 0 radical (unpaired) electrons. The number of likely N-dealkylation sites (tertiary alicyclic amines) is 1.